The quantitative estimate of drug-likeness (QED) is 0.551. The first kappa shape index (κ1) is 22.7. The van der Waals surface area contributed by atoms with Crippen molar-refractivity contribution in [3.05, 3.63) is 69.1 Å². The first-order valence-electron chi connectivity index (χ1n) is 10.8. The van der Waals surface area contributed by atoms with E-state index in [0.717, 1.165) is 6.07 Å². The summed E-state index contributed by atoms with van der Waals surface area (Å²) in [5, 5.41) is 10.6. The van der Waals surface area contributed by atoms with Crippen LogP contribution in [0.25, 0.3) is 11.0 Å². The van der Waals surface area contributed by atoms with Gasteiger partial charge in [-0.1, -0.05) is 18.2 Å². The Hall–Kier alpha value is -3.06. The molecule has 1 saturated heterocycles. The smallest absolute Gasteiger partial charge is 0.266 e. The Balaban J connectivity index is 1.52. The molecule has 0 amide bonds. The molecule has 1 aliphatic heterocycles. The Kier molecular flexibility index (Phi) is 5.35. The average Bonchev–Trinajstić information content (AvgIpc) is 2.77. The van der Waals surface area contributed by atoms with Crippen LogP contribution in [0.4, 0.5) is 13.2 Å². The van der Waals surface area contributed by atoms with E-state index >= 15 is 0 Å². The SMILES string of the molecule is Cn1c(=O)c(C2(C#N)CC3(CS(=O)C3)C2)cc2c(CCc3cccc(C(F)F)c3F)ncnc21. The van der Waals surface area contributed by atoms with E-state index < -0.39 is 34.0 Å². The number of hydrogen-bond acceptors (Lipinski definition) is 5. The molecular formula is C24H21F3N4O2S. The summed E-state index contributed by atoms with van der Waals surface area (Å²) in [6, 6.07) is 7.92. The second-order valence-corrected chi connectivity index (χ2v) is 10.8. The first-order valence-corrected chi connectivity index (χ1v) is 12.3. The van der Waals surface area contributed by atoms with Gasteiger partial charge in [0.05, 0.1) is 22.7 Å². The Morgan fingerprint density at radius 3 is 2.62 bits per heavy atom. The number of aryl methyl sites for hydroxylation is 3. The third kappa shape index (κ3) is 3.45. The Labute approximate surface area is 195 Å². The number of benzene rings is 1. The van der Waals surface area contributed by atoms with Gasteiger partial charge >= 0.3 is 0 Å². The highest BCUT2D eigenvalue weighted by molar-refractivity contribution is 7.86. The Bertz CT molecular complexity index is 1430. The summed E-state index contributed by atoms with van der Waals surface area (Å²) in [5.41, 5.74) is -0.617. The zero-order valence-corrected chi connectivity index (χ0v) is 19.2. The lowest BCUT2D eigenvalue weighted by atomic mass is 9.52. The van der Waals surface area contributed by atoms with Crippen molar-refractivity contribution in [1.82, 2.24) is 14.5 Å². The zero-order chi connectivity index (χ0) is 24.3. The number of fused-ring (bicyclic) bond motifs is 1. The van der Waals surface area contributed by atoms with Crippen LogP contribution in [-0.4, -0.2) is 30.2 Å². The molecule has 0 radical (unpaired) electrons. The molecule has 10 heteroatoms. The van der Waals surface area contributed by atoms with Gasteiger partial charge in [0.25, 0.3) is 12.0 Å². The molecular weight excluding hydrogens is 465 g/mol. The Morgan fingerprint density at radius 1 is 1.24 bits per heavy atom. The maximum atomic E-state index is 14.5. The minimum atomic E-state index is -2.90. The molecule has 2 fully saturated rings. The fraction of sp³-hybridized carbons (Fsp3) is 0.417. The van der Waals surface area contributed by atoms with Gasteiger partial charge in [-0.2, -0.15) is 5.26 Å². The van der Waals surface area contributed by atoms with Crippen molar-refractivity contribution >= 4 is 21.8 Å². The number of alkyl halides is 2. The predicted octanol–water partition coefficient (Wildman–Crippen LogP) is 3.49. The topological polar surface area (TPSA) is 88.6 Å². The van der Waals surface area contributed by atoms with Crippen LogP contribution in [0, 0.1) is 22.6 Å². The average molecular weight is 487 g/mol. The number of nitriles is 1. The molecule has 176 valence electrons. The number of halogens is 3. The second kappa shape index (κ2) is 8.01. The monoisotopic (exact) mass is 486 g/mol. The summed E-state index contributed by atoms with van der Waals surface area (Å²) in [6.07, 6.45) is -0.254. The van der Waals surface area contributed by atoms with Gasteiger partial charge in [0, 0.05) is 40.3 Å². The van der Waals surface area contributed by atoms with Gasteiger partial charge < -0.3 is 0 Å². The molecule has 2 aliphatic rings. The first-order chi connectivity index (χ1) is 16.2. The summed E-state index contributed by atoms with van der Waals surface area (Å²) >= 11 is 0. The molecule has 3 heterocycles. The number of hydrogen-bond donors (Lipinski definition) is 0. The normalized spacial score (nSPS) is 25.8. The number of pyridine rings is 1. The van der Waals surface area contributed by atoms with Gasteiger partial charge in [0.15, 0.2) is 0 Å². The van der Waals surface area contributed by atoms with Crippen molar-refractivity contribution < 1.29 is 17.4 Å². The van der Waals surface area contributed by atoms with E-state index in [2.05, 4.69) is 16.0 Å². The van der Waals surface area contributed by atoms with Crippen molar-refractivity contribution in [3.8, 4) is 6.07 Å². The summed E-state index contributed by atoms with van der Waals surface area (Å²) < 4.78 is 53.6. The second-order valence-electron chi connectivity index (χ2n) is 9.38. The van der Waals surface area contributed by atoms with Gasteiger partial charge in [-0.15, -0.1) is 0 Å². The lowest BCUT2D eigenvalue weighted by Gasteiger charge is -2.57. The highest BCUT2D eigenvalue weighted by atomic mass is 32.2. The van der Waals surface area contributed by atoms with Crippen molar-refractivity contribution in [2.24, 2.45) is 12.5 Å². The standard InChI is InChI=1S/C24H21F3N4O2S/c1-31-21-16(7-17(22(31)32)24(10-28)8-23(9-24)11-34(33)12-23)18(29-13-30-21)6-5-14-3-2-4-15(19(14)25)20(26)27/h2-4,7,13,20H,5-6,8-9,11-12H2,1H3. The largest absolute Gasteiger partial charge is 0.295 e. The lowest BCUT2D eigenvalue weighted by molar-refractivity contribution is 0.0928. The van der Waals surface area contributed by atoms with Crippen molar-refractivity contribution in [2.45, 2.75) is 37.5 Å². The molecule has 1 saturated carbocycles. The fourth-order valence-electron chi connectivity index (χ4n) is 5.48. The van der Waals surface area contributed by atoms with E-state index in [0.29, 0.717) is 46.6 Å². The van der Waals surface area contributed by atoms with E-state index in [1.807, 2.05) is 0 Å². The highest BCUT2D eigenvalue weighted by Crippen LogP contribution is 2.59. The molecule has 0 atom stereocenters. The molecule has 34 heavy (non-hydrogen) atoms. The molecule has 6 nitrogen and oxygen atoms in total. The summed E-state index contributed by atoms with van der Waals surface area (Å²) in [7, 11) is 0.723. The Morgan fingerprint density at radius 2 is 1.97 bits per heavy atom. The van der Waals surface area contributed by atoms with Crippen molar-refractivity contribution in [1.29, 1.82) is 5.26 Å². The molecule has 5 rings (SSSR count). The van der Waals surface area contributed by atoms with Crippen molar-refractivity contribution in [3.63, 3.8) is 0 Å². The molecule has 3 aromatic rings. The van der Waals surface area contributed by atoms with E-state index in [1.54, 1.807) is 13.1 Å². The maximum absolute atomic E-state index is 14.5. The van der Waals surface area contributed by atoms with Crippen LogP contribution in [0.5, 0.6) is 0 Å². The van der Waals surface area contributed by atoms with E-state index in [1.165, 1.54) is 23.0 Å². The van der Waals surface area contributed by atoms with Crippen LogP contribution in [0.1, 0.15) is 41.7 Å². The van der Waals surface area contributed by atoms with Gasteiger partial charge in [0.1, 0.15) is 17.8 Å². The minimum Gasteiger partial charge on any atom is -0.295 e. The third-order valence-electron chi connectivity index (χ3n) is 7.08. The minimum absolute atomic E-state index is 0.134. The summed E-state index contributed by atoms with van der Waals surface area (Å²) in [4.78, 5) is 21.7. The van der Waals surface area contributed by atoms with Crippen LogP contribution in [0.2, 0.25) is 0 Å². The molecule has 2 aromatic heterocycles. The molecule has 0 unspecified atom stereocenters. The predicted molar refractivity (Wildman–Crippen MR) is 120 cm³/mol. The molecule has 1 aliphatic carbocycles. The third-order valence-corrected chi connectivity index (χ3v) is 8.95. The van der Waals surface area contributed by atoms with Gasteiger partial charge in [-0.25, -0.2) is 23.1 Å². The molecule has 1 aromatic carbocycles. The van der Waals surface area contributed by atoms with Gasteiger partial charge in [0.2, 0.25) is 0 Å². The number of nitrogens with zero attached hydrogens (tertiary/aromatic N) is 4. The fourth-order valence-corrected chi connectivity index (χ4v) is 7.17. The van der Waals surface area contributed by atoms with Crippen LogP contribution < -0.4 is 5.56 Å². The van der Waals surface area contributed by atoms with E-state index in [-0.39, 0.29) is 29.4 Å². The summed E-state index contributed by atoms with van der Waals surface area (Å²) in [5.74, 6) is 0.189. The van der Waals surface area contributed by atoms with Gasteiger partial charge in [-0.05, 0) is 42.7 Å². The maximum Gasteiger partial charge on any atom is 0.266 e. The highest BCUT2D eigenvalue weighted by Gasteiger charge is 2.62. The lowest BCUT2D eigenvalue weighted by Crippen LogP contribution is -2.61. The van der Waals surface area contributed by atoms with Crippen LogP contribution in [0.3, 0.4) is 0 Å². The van der Waals surface area contributed by atoms with Crippen LogP contribution in [0.15, 0.2) is 35.4 Å². The number of rotatable bonds is 5. The molecule has 0 bridgehead atoms. The van der Waals surface area contributed by atoms with E-state index in [4.69, 9.17) is 0 Å². The zero-order valence-electron chi connectivity index (χ0n) is 18.4. The number of aromatic nitrogens is 3. The van der Waals surface area contributed by atoms with Crippen molar-refractivity contribution in [2.75, 3.05) is 11.5 Å². The van der Waals surface area contributed by atoms with Crippen LogP contribution >= 0.6 is 0 Å². The van der Waals surface area contributed by atoms with Crippen LogP contribution in [-0.2, 0) is 36.1 Å². The molecule has 1 spiro atoms. The van der Waals surface area contributed by atoms with Gasteiger partial charge in [-0.3, -0.25) is 13.6 Å². The molecule has 0 N–H and O–H groups in total. The van der Waals surface area contributed by atoms with E-state index in [9.17, 15) is 27.4 Å². The summed E-state index contributed by atoms with van der Waals surface area (Å²) in [6.45, 7) is 0.